The molecule has 1 N–H and O–H groups in total. The highest BCUT2D eigenvalue weighted by molar-refractivity contribution is 7.89. The van der Waals surface area contributed by atoms with Crippen molar-refractivity contribution in [1.29, 1.82) is 0 Å². The zero-order valence-electron chi connectivity index (χ0n) is 17.1. The predicted octanol–water partition coefficient (Wildman–Crippen LogP) is 4.40. The number of amides is 1. The Morgan fingerprint density at radius 3 is 2.60 bits per heavy atom. The average molecular weight is 447 g/mol. The Morgan fingerprint density at radius 2 is 1.83 bits per heavy atom. The van der Waals surface area contributed by atoms with E-state index in [1.165, 1.54) is 28.4 Å². The van der Waals surface area contributed by atoms with Crippen molar-refractivity contribution in [3.05, 3.63) is 64.2 Å². The van der Waals surface area contributed by atoms with E-state index in [1.54, 1.807) is 6.07 Å². The first kappa shape index (κ1) is 21.3. The van der Waals surface area contributed by atoms with Crippen LogP contribution in [0.3, 0.4) is 0 Å². The maximum atomic E-state index is 13.3. The van der Waals surface area contributed by atoms with Crippen LogP contribution in [0.2, 0.25) is 5.02 Å². The first-order valence-electron chi connectivity index (χ1n) is 10.5. The molecular formula is C23H27ClN2O3S. The molecule has 1 fully saturated rings. The molecule has 2 aromatic rings. The van der Waals surface area contributed by atoms with Crippen LogP contribution in [0.5, 0.6) is 0 Å². The minimum absolute atomic E-state index is 0.00658. The summed E-state index contributed by atoms with van der Waals surface area (Å²) in [7, 11) is -3.81. The topological polar surface area (TPSA) is 66.5 Å². The van der Waals surface area contributed by atoms with Gasteiger partial charge in [0.1, 0.15) is 4.90 Å². The number of carbonyl (C=O) groups excluding carboxylic acids is 1. The SMILES string of the molecule is C[C@@H]1CCCC[C@@H]1NC(=O)c1ccc(Cl)c(S(=O)(=O)N2CCc3ccccc3C2)c1. The Kier molecular flexibility index (Phi) is 6.19. The van der Waals surface area contributed by atoms with Gasteiger partial charge in [-0.1, -0.05) is 55.6 Å². The standard InChI is InChI=1S/C23H27ClN2O3S/c1-16-6-2-5-9-21(16)25-23(27)18-10-11-20(24)22(14-18)30(28,29)26-13-12-17-7-3-4-8-19(17)15-26/h3-4,7-8,10-11,14,16,21H,2,5-6,9,12-13,15H2,1H3,(H,25,27)/t16-,21+/m1/s1. The van der Waals surface area contributed by atoms with Gasteiger partial charge in [0.05, 0.1) is 5.02 Å². The van der Waals surface area contributed by atoms with Gasteiger partial charge in [-0.3, -0.25) is 4.79 Å². The van der Waals surface area contributed by atoms with Gasteiger partial charge in [0.15, 0.2) is 0 Å². The molecule has 1 aliphatic carbocycles. The maximum absolute atomic E-state index is 13.3. The molecule has 0 radical (unpaired) electrons. The molecule has 0 unspecified atom stereocenters. The van der Waals surface area contributed by atoms with Crippen LogP contribution in [-0.2, 0) is 23.0 Å². The maximum Gasteiger partial charge on any atom is 0.251 e. The fraction of sp³-hybridized carbons (Fsp3) is 0.435. The smallest absolute Gasteiger partial charge is 0.251 e. The van der Waals surface area contributed by atoms with Gasteiger partial charge in [-0.2, -0.15) is 4.31 Å². The summed E-state index contributed by atoms with van der Waals surface area (Å²) in [6, 6.07) is 12.5. The highest BCUT2D eigenvalue weighted by atomic mass is 35.5. The molecule has 1 saturated carbocycles. The van der Waals surface area contributed by atoms with Crippen LogP contribution < -0.4 is 5.32 Å². The summed E-state index contributed by atoms with van der Waals surface area (Å²) < 4.78 is 28.1. The Balaban J connectivity index is 1.57. The molecule has 2 aliphatic rings. The van der Waals surface area contributed by atoms with Crippen LogP contribution in [0, 0.1) is 5.92 Å². The molecular weight excluding hydrogens is 420 g/mol. The van der Waals surface area contributed by atoms with Gasteiger partial charge in [-0.25, -0.2) is 8.42 Å². The van der Waals surface area contributed by atoms with Gasteiger partial charge in [0, 0.05) is 24.7 Å². The van der Waals surface area contributed by atoms with E-state index in [2.05, 4.69) is 12.2 Å². The lowest BCUT2D eigenvalue weighted by Crippen LogP contribution is -2.41. The van der Waals surface area contributed by atoms with Crippen LogP contribution in [0.1, 0.15) is 54.1 Å². The average Bonchev–Trinajstić information content (AvgIpc) is 2.75. The van der Waals surface area contributed by atoms with Gasteiger partial charge in [0.25, 0.3) is 5.91 Å². The van der Waals surface area contributed by atoms with Gasteiger partial charge in [0.2, 0.25) is 10.0 Å². The highest BCUT2D eigenvalue weighted by Gasteiger charge is 2.31. The van der Waals surface area contributed by atoms with Gasteiger partial charge >= 0.3 is 0 Å². The van der Waals surface area contributed by atoms with Crippen LogP contribution in [0.4, 0.5) is 0 Å². The third kappa shape index (κ3) is 4.27. The Bertz CT molecular complexity index is 1050. The molecule has 1 amide bonds. The minimum atomic E-state index is -3.81. The second kappa shape index (κ2) is 8.69. The normalized spacial score (nSPS) is 22.3. The van der Waals surface area contributed by atoms with Crippen molar-refractivity contribution in [3.63, 3.8) is 0 Å². The summed E-state index contributed by atoms with van der Waals surface area (Å²) in [5, 5.41) is 3.22. The first-order valence-corrected chi connectivity index (χ1v) is 12.4. The number of hydrogen-bond acceptors (Lipinski definition) is 3. The van der Waals surface area contributed by atoms with Gasteiger partial charge < -0.3 is 5.32 Å². The lowest BCUT2D eigenvalue weighted by Gasteiger charge is -2.30. The van der Waals surface area contributed by atoms with Gasteiger partial charge in [-0.15, -0.1) is 0 Å². The molecule has 0 spiro atoms. The number of nitrogens with one attached hydrogen (secondary N) is 1. The molecule has 0 aromatic heterocycles. The predicted molar refractivity (Wildman–Crippen MR) is 118 cm³/mol. The van der Waals surface area contributed by atoms with Crippen LogP contribution >= 0.6 is 11.6 Å². The summed E-state index contributed by atoms with van der Waals surface area (Å²) >= 11 is 6.28. The second-order valence-electron chi connectivity index (χ2n) is 8.34. The quantitative estimate of drug-likeness (QED) is 0.757. The first-order chi connectivity index (χ1) is 14.4. The largest absolute Gasteiger partial charge is 0.349 e. The van der Waals surface area contributed by atoms with E-state index in [9.17, 15) is 13.2 Å². The molecule has 1 heterocycles. The van der Waals surface area contributed by atoms with Crippen molar-refractivity contribution in [3.8, 4) is 0 Å². The molecule has 4 rings (SSSR count). The second-order valence-corrected chi connectivity index (χ2v) is 10.7. The fourth-order valence-corrected chi connectivity index (χ4v) is 6.36. The van der Waals surface area contributed by atoms with Gasteiger partial charge in [-0.05, 0) is 54.5 Å². The van der Waals surface area contributed by atoms with Crippen molar-refractivity contribution in [2.24, 2.45) is 5.92 Å². The Hall–Kier alpha value is -1.89. The van der Waals surface area contributed by atoms with E-state index < -0.39 is 10.0 Å². The number of carbonyl (C=O) groups is 1. The van der Waals surface area contributed by atoms with Crippen molar-refractivity contribution in [2.45, 2.75) is 56.5 Å². The zero-order valence-corrected chi connectivity index (χ0v) is 18.7. The minimum Gasteiger partial charge on any atom is -0.349 e. The number of hydrogen-bond donors (Lipinski definition) is 1. The lowest BCUT2D eigenvalue weighted by molar-refractivity contribution is 0.0910. The van der Waals surface area contributed by atoms with E-state index in [-0.39, 0.29) is 21.9 Å². The van der Waals surface area contributed by atoms with Crippen molar-refractivity contribution in [1.82, 2.24) is 9.62 Å². The monoisotopic (exact) mass is 446 g/mol. The van der Waals surface area contributed by atoms with E-state index >= 15 is 0 Å². The number of fused-ring (bicyclic) bond motifs is 1. The number of rotatable bonds is 4. The zero-order chi connectivity index (χ0) is 21.3. The van der Waals surface area contributed by atoms with Crippen LogP contribution in [0.25, 0.3) is 0 Å². The van der Waals surface area contributed by atoms with E-state index in [4.69, 9.17) is 11.6 Å². The Labute approximate surface area is 183 Å². The van der Waals surface area contributed by atoms with Crippen LogP contribution in [-0.4, -0.2) is 31.2 Å². The van der Waals surface area contributed by atoms with E-state index in [0.29, 0.717) is 31.0 Å². The molecule has 5 nitrogen and oxygen atoms in total. The Morgan fingerprint density at radius 1 is 1.10 bits per heavy atom. The molecule has 0 saturated heterocycles. The summed E-state index contributed by atoms with van der Waals surface area (Å²) in [6.45, 7) is 2.85. The van der Waals surface area contributed by atoms with Crippen LogP contribution in [0.15, 0.2) is 47.4 Å². The number of nitrogens with zero attached hydrogens (tertiary/aromatic N) is 1. The third-order valence-electron chi connectivity index (χ3n) is 6.33. The molecule has 2 aromatic carbocycles. The fourth-order valence-electron chi connectivity index (χ4n) is 4.44. The summed E-state index contributed by atoms with van der Waals surface area (Å²) in [5.74, 6) is 0.178. The van der Waals surface area contributed by atoms with E-state index in [0.717, 1.165) is 24.8 Å². The number of halogens is 1. The highest BCUT2D eigenvalue weighted by Crippen LogP contribution is 2.30. The summed E-state index contributed by atoms with van der Waals surface area (Å²) in [4.78, 5) is 12.8. The lowest BCUT2D eigenvalue weighted by atomic mass is 9.86. The number of sulfonamides is 1. The molecule has 30 heavy (non-hydrogen) atoms. The molecule has 7 heteroatoms. The molecule has 0 bridgehead atoms. The molecule has 2 atom stereocenters. The molecule has 1 aliphatic heterocycles. The van der Waals surface area contributed by atoms with Crippen molar-refractivity contribution < 1.29 is 13.2 Å². The third-order valence-corrected chi connectivity index (χ3v) is 8.66. The summed E-state index contributed by atoms with van der Waals surface area (Å²) in [6.07, 6.45) is 5.01. The number of benzene rings is 2. The molecule has 160 valence electrons. The van der Waals surface area contributed by atoms with Crippen molar-refractivity contribution in [2.75, 3.05) is 6.54 Å². The van der Waals surface area contributed by atoms with Crippen molar-refractivity contribution >= 4 is 27.5 Å². The van der Waals surface area contributed by atoms with E-state index in [1.807, 2.05) is 24.3 Å². The summed E-state index contributed by atoms with van der Waals surface area (Å²) in [5.41, 5.74) is 2.50.